The largest absolute Gasteiger partial charge is 0.391 e. The lowest BCUT2D eigenvalue weighted by Gasteiger charge is -2.13. The van der Waals surface area contributed by atoms with Crippen molar-refractivity contribution in [1.82, 2.24) is 10.6 Å². The van der Waals surface area contributed by atoms with Crippen molar-refractivity contribution in [3.63, 3.8) is 0 Å². The molecular weight excluding hydrogens is 296 g/mol. The van der Waals surface area contributed by atoms with E-state index in [0.29, 0.717) is 13.0 Å². The molecule has 1 unspecified atom stereocenters. The van der Waals surface area contributed by atoms with Crippen molar-refractivity contribution in [1.29, 1.82) is 0 Å². The number of benzene rings is 2. The molecule has 0 saturated carbocycles. The number of carbonyl (C=O) groups excluding carboxylic acids is 1. The van der Waals surface area contributed by atoms with E-state index in [1.165, 1.54) is 0 Å². The van der Waals surface area contributed by atoms with Gasteiger partial charge in [-0.15, -0.1) is 0 Å². The summed E-state index contributed by atoms with van der Waals surface area (Å²) in [5, 5.41) is 17.5. The maximum absolute atomic E-state index is 11.8. The van der Waals surface area contributed by atoms with Crippen molar-refractivity contribution >= 4 is 28.6 Å². The van der Waals surface area contributed by atoms with Gasteiger partial charge in [-0.2, -0.15) is 11.8 Å². The molecule has 1 atom stereocenters. The number of nitrogens with one attached hydrogen (secondary N) is 2. The second-order valence-corrected chi connectivity index (χ2v) is 6.12. The van der Waals surface area contributed by atoms with Crippen molar-refractivity contribution in [3.05, 3.63) is 48.0 Å². The van der Waals surface area contributed by atoms with E-state index in [1.54, 1.807) is 11.8 Å². The van der Waals surface area contributed by atoms with Crippen LogP contribution in [0.3, 0.4) is 0 Å². The van der Waals surface area contributed by atoms with E-state index < -0.39 is 6.10 Å². The average Bonchev–Trinajstić information content (AvgIpc) is 2.56. The van der Waals surface area contributed by atoms with Gasteiger partial charge >= 0.3 is 6.03 Å². The fourth-order valence-electron chi connectivity index (χ4n) is 2.25. The number of thioether (sulfide) groups is 1. The van der Waals surface area contributed by atoms with Crippen LogP contribution in [-0.4, -0.2) is 35.8 Å². The Labute approximate surface area is 135 Å². The summed E-state index contributed by atoms with van der Waals surface area (Å²) in [6.45, 7) is 0.746. The highest BCUT2D eigenvalue weighted by molar-refractivity contribution is 7.98. The maximum Gasteiger partial charge on any atom is 0.315 e. The van der Waals surface area contributed by atoms with Gasteiger partial charge < -0.3 is 15.7 Å². The van der Waals surface area contributed by atoms with Crippen molar-refractivity contribution in [2.45, 2.75) is 19.1 Å². The third kappa shape index (κ3) is 4.93. The predicted molar refractivity (Wildman–Crippen MR) is 93.2 cm³/mol. The zero-order valence-electron chi connectivity index (χ0n) is 12.7. The predicted octanol–water partition coefficient (Wildman–Crippen LogP) is 2.75. The minimum absolute atomic E-state index is 0.254. The first-order valence-electron chi connectivity index (χ1n) is 7.36. The number of hydrogen-bond donors (Lipinski definition) is 3. The van der Waals surface area contributed by atoms with Crippen LogP contribution in [0.15, 0.2) is 42.5 Å². The first-order valence-corrected chi connectivity index (χ1v) is 8.75. The van der Waals surface area contributed by atoms with E-state index in [0.717, 1.165) is 22.1 Å². The van der Waals surface area contributed by atoms with Gasteiger partial charge in [-0.1, -0.05) is 42.5 Å². The van der Waals surface area contributed by atoms with E-state index in [9.17, 15) is 9.90 Å². The average molecular weight is 318 g/mol. The fourth-order valence-corrected chi connectivity index (χ4v) is 2.76. The maximum atomic E-state index is 11.8. The van der Waals surface area contributed by atoms with Crippen LogP contribution in [0.4, 0.5) is 4.79 Å². The molecule has 2 aromatic rings. The van der Waals surface area contributed by atoms with Crippen molar-refractivity contribution in [2.24, 2.45) is 0 Å². The molecule has 0 fully saturated rings. The SMILES string of the molecule is CSCCC(O)CNC(=O)NCc1cccc2ccccc12. The molecule has 0 radical (unpaired) electrons. The normalized spacial score (nSPS) is 12.1. The van der Waals surface area contributed by atoms with Gasteiger partial charge in [0, 0.05) is 13.1 Å². The van der Waals surface area contributed by atoms with Gasteiger partial charge in [0.25, 0.3) is 0 Å². The van der Waals surface area contributed by atoms with Gasteiger partial charge in [0.15, 0.2) is 0 Å². The molecule has 0 bridgehead atoms. The van der Waals surface area contributed by atoms with Gasteiger partial charge in [0.1, 0.15) is 0 Å². The summed E-state index contributed by atoms with van der Waals surface area (Å²) < 4.78 is 0. The highest BCUT2D eigenvalue weighted by Crippen LogP contribution is 2.18. The number of hydrogen-bond acceptors (Lipinski definition) is 3. The first kappa shape index (κ1) is 16.6. The number of aliphatic hydroxyl groups excluding tert-OH is 1. The fraction of sp³-hybridized carbons (Fsp3) is 0.353. The van der Waals surface area contributed by atoms with E-state index in [2.05, 4.69) is 28.8 Å². The highest BCUT2D eigenvalue weighted by Gasteiger charge is 2.07. The third-order valence-electron chi connectivity index (χ3n) is 3.47. The molecule has 0 spiro atoms. The molecular formula is C17H22N2O2S. The van der Waals surface area contributed by atoms with E-state index >= 15 is 0 Å². The topological polar surface area (TPSA) is 61.4 Å². The van der Waals surface area contributed by atoms with Crippen LogP contribution in [-0.2, 0) is 6.54 Å². The van der Waals surface area contributed by atoms with E-state index in [-0.39, 0.29) is 12.6 Å². The first-order chi connectivity index (χ1) is 10.7. The number of urea groups is 1. The number of rotatable bonds is 7. The van der Waals surface area contributed by atoms with Crippen molar-refractivity contribution in [3.8, 4) is 0 Å². The molecule has 22 heavy (non-hydrogen) atoms. The van der Waals surface area contributed by atoms with E-state index in [1.807, 2.05) is 30.5 Å². The highest BCUT2D eigenvalue weighted by atomic mass is 32.2. The van der Waals surface area contributed by atoms with Gasteiger partial charge in [-0.3, -0.25) is 0 Å². The summed E-state index contributed by atoms with van der Waals surface area (Å²) in [6, 6.07) is 13.9. The van der Waals surface area contributed by atoms with Gasteiger partial charge in [0.2, 0.25) is 0 Å². The van der Waals surface area contributed by atoms with Gasteiger partial charge in [-0.05, 0) is 34.8 Å². The Balaban J connectivity index is 1.83. The molecule has 0 heterocycles. The summed E-state index contributed by atoms with van der Waals surface area (Å²) in [5.74, 6) is 0.889. The number of aliphatic hydroxyl groups is 1. The zero-order chi connectivity index (χ0) is 15.8. The van der Waals surface area contributed by atoms with Crippen LogP contribution in [0.25, 0.3) is 10.8 Å². The Bertz CT molecular complexity index is 613. The van der Waals surface area contributed by atoms with Crippen LogP contribution in [0, 0.1) is 0 Å². The molecule has 0 aliphatic heterocycles. The quantitative estimate of drug-likeness (QED) is 0.735. The summed E-state index contributed by atoms with van der Waals surface area (Å²) in [5.41, 5.74) is 1.08. The van der Waals surface area contributed by atoms with Crippen LogP contribution in [0.5, 0.6) is 0 Å². The molecule has 2 rings (SSSR count). The van der Waals surface area contributed by atoms with Crippen LogP contribution < -0.4 is 10.6 Å². The lowest BCUT2D eigenvalue weighted by Crippen LogP contribution is -2.39. The number of carbonyl (C=O) groups is 1. The summed E-state index contributed by atoms with van der Waals surface area (Å²) in [4.78, 5) is 11.8. The minimum atomic E-state index is -0.490. The Kier molecular flexibility index (Phi) is 6.55. The molecule has 4 nitrogen and oxygen atoms in total. The number of fused-ring (bicyclic) bond motifs is 1. The standard InChI is InChI=1S/C17H22N2O2S/c1-22-10-9-15(20)12-19-17(21)18-11-14-7-4-6-13-5-2-3-8-16(13)14/h2-8,15,20H,9-12H2,1H3,(H2,18,19,21). The van der Waals surface area contributed by atoms with E-state index in [4.69, 9.17) is 0 Å². The smallest absolute Gasteiger partial charge is 0.315 e. The summed E-state index contributed by atoms with van der Waals surface area (Å²) >= 11 is 1.68. The minimum Gasteiger partial charge on any atom is -0.391 e. The molecule has 0 aromatic heterocycles. The monoisotopic (exact) mass is 318 g/mol. The van der Waals surface area contributed by atoms with Crippen LogP contribution in [0.1, 0.15) is 12.0 Å². The Morgan fingerprint density at radius 3 is 2.77 bits per heavy atom. The third-order valence-corrected chi connectivity index (χ3v) is 4.12. The summed E-state index contributed by atoms with van der Waals surface area (Å²) in [7, 11) is 0. The van der Waals surface area contributed by atoms with Crippen LogP contribution in [0.2, 0.25) is 0 Å². The molecule has 0 aliphatic carbocycles. The van der Waals surface area contributed by atoms with Crippen molar-refractivity contribution in [2.75, 3.05) is 18.6 Å². The second-order valence-electron chi connectivity index (χ2n) is 5.14. The molecule has 2 amide bonds. The van der Waals surface area contributed by atoms with Gasteiger partial charge in [0.05, 0.1) is 6.10 Å². The second kappa shape index (κ2) is 8.66. The Morgan fingerprint density at radius 1 is 1.18 bits per heavy atom. The molecule has 118 valence electrons. The zero-order valence-corrected chi connectivity index (χ0v) is 13.5. The molecule has 3 N–H and O–H groups in total. The molecule has 5 heteroatoms. The van der Waals surface area contributed by atoms with Crippen molar-refractivity contribution < 1.29 is 9.90 Å². The summed E-state index contributed by atoms with van der Waals surface area (Å²) in [6.07, 6.45) is 2.19. The van der Waals surface area contributed by atoms with Crippen LogP contribution >= 0.6 is 11.8 Å². The Hall–Kier alpha value is -1.72. The van der Waals surface area contributed by atoms with Gasteiger partial charge in [-0.25, -0.2) is 4.79 Å². The lowest BCUT2D eigenvalue weighted by molar-refractivity contribution is 0.167. The lowest BCUT2D eigenvalue weighted by atomic mass is 10.0. The molecule has 2 aromatic carbocycles. The number of amides is 2. The Morgan fingerprint density at radius 2 is 1.95 bits per heavy atom. The molecule has 0 saturated heterocycles. The molecule has 0 aliphatic rings.